The Kier molecular flexibility index (Phi) is 5.01. The molecule has 1 fully saturated rings. The molecule has 0 aromatic heterocycles. The van der Waals surface area contributed by atoms with Crippen molar-refractivity contribution in [3.8, 4) is 5.75 Å². The highest BCUT2D eigenvalue weighted by Crippen LogP contribution is 2.14. The molecule has 20 heavy (non-hydrogen) atoms. The maximum Gasteiger partial charge on any atom is 0.225 e. The molecular weight excluding hydrogens is 252 g/mol. The van der Waals surface area contributed by atoms with Crippen molar-refractivity contribution in [2.75, 3.05) is 33.3 Å². The highest BCUT2D eigenvalue weighted by molar-refractivity contribution is 5.78. The maximum absolute atomic E-state index is 11.9. The molecule has 1 amide bonds. The zero-order chi connectivity index (χ0) is 14.5. The summed E-state index contributed by atoms with van der Waals surface area (Å²) < 4.78 is 5.16. The minimum atomic E-state index is 0.100. The Balaban J connectivity index is 1.83. The number of amides is 1. The van der Waals surface area contributed by atoms with Crippen LogP contribution >= 0.6 is 0 Å². The first-order chi connectivity index (χ1) is 9.60. The van der Waals surface area contributed by atoms with Crippen molar-refractivity contribution in [2.24, 2.45) is 5.92 Å². The van der Waals surface area contributed by atoms with E-state index in [9.17, 15) is 4.79 Å². The number of nitrogens with zero attached hydrogens (tertiary/aromatic N) is 2. The number of carbonyl (C=O) groups excluding carboxylic acids is 1. The van der Waals surface area contributed by atoms with E-state index in [0.717, 1.165) is 38.5 Å². The standard InChI is InChI=1S/C16H24N2O2/c1-13(2)16(19)18-10-8-17(9-11-18)12-14-4-6-15(20-3)7-5-14/h4-7,13H,8-12H2,1-3H3. The molecule has 0 unspecified atom stereocenters. The van der Waals surface area contributed by atoms with Gasteiger partial charge in [-0.05, 0) is 17.7 Å². The van der Waals surface area contributed by atoms with Crippen molar-refractivity contribution >= 4 is 5.91 Å². The van der Waals surface area contributed by atoms with Gasteiger partial charge in [0, 0.05) is 38.6 Å². The summed E-state index contributed by atoms with van der Waals surface area (Å²) in [7, 11) is 1.68. The summed E-state index contributed by atoms with van der Waals surface area (Å²) >= 11 is 0. The molecule has 1 saturated heterocycles. The third-order valence-electron chi connectivity index (χ3n) is 3.74. The lowest BCUT2D eigenvalue weighted by molar-refractivity contribution is -0.136. The first-order valence-corrected chi connectivity index (χ1v) is 7.24. The topological polar surface area (TPSA) is 32.8 Å². The van der Waals surface area contributed by atoms with E-state index in [-0.39, 0.29) is 11.8 Å². The van der Waals surface area contributed by atoms with Crippen LogP contribution in [0.3, 0.4) is 0 Å². The SMILES string of the molecule is COc1ccc(CN2CCN(C(=O)C(C)C)CC2)cc1. The number of rotatable bonds is 4. The van der Waals surface area contributed by atoms with Crippen LogP contribution in [0.1, 0.15) is 19.4 Å². The second-order valence-corrected chi connectivity index (χ2v) is 5.60. The van der Waals surface area contributed by atoms with E-state index in [1.54, 1.807) is 7.11 Å². The highest BCUT2D eigenvalue weighted by Gasteiger charge is 2.22. The number of piperazine rings is 1. The zero-order valence-corrected chi connectivity index (χ0v) is 12.6. The van der Waals surface area contributed by atoms with Crippen LogP contribution in [0.5, 0.6) is 5.75 Å². The maximum atomic E-state index is 11.9. The summed E-state index contributed by atoms with van der Waals surface area (Å²) in [5.41, 5.74) is 1.29. The summed E-state index contributed by atoms with van der Waals surface area (Å²) in [5, 5.41) is 0. The summed E-state index contributed by atoms with van der Waals surface area (Å²) in [6.45, 7) is 8.45. The first kappa shape index (κ1) is 14.9. The molecule has 1 heterocycles. The second-order valence-electron chi connectivity index (χ2n) is 5.60. The van der Waals surface area contributed by atoms with Gasteiger partial charge in [0.05, 0.1) is 7.11 Å². The van der Waals surface area contributed by atoms with Gasteiger partial charge in [0.2, 0.25) is 5.91 Å². The average Bonchev–Trinajstić information content (AvgIpc) is 2.48. The van der Waals surface area contributed by atoms with E-state index < -0.39 is 0 Å². The quantitative estimate of drug-likeness (QED) is 0.843. The monoisotopic (exact) mass is 276 g/mol. The molecule has 4 nitrogen and oxygen atoms in total. The lowest BCUT2D eigenvalue weighted by Gasteiger charge is -2.35. The van der Waals surface area contributed by atoms with Crippen molar-refractivity contribution in [1.82, 2.24) is 9.80 Å². The van der Waals surface area contributed by atoms with E-state index in [2.05, 4.69) is 17.0 Å². The van der Waals surface area contributed by atoms with Gasteiger partial charge in [-0.15, -0.1) is 0 Å². The molecule has 0 saturated carbocycles. The van der Waals surface area contributed by atoms with Crippen LogP contribution in [0, 0.1) is 5.92 Å². The van der Waals surface area contributed by atoms with Crippen molar-refractivity contribution in [1.29, 1.82) is 0 Å². The molecule has 0 N–H and O–H groups in total. The Morgan fingerprint density at radius 3 is 2.25 bits per heavy atom. The highest BCUT2D eigenvalue weighted by atomic mass is 16.5. The second kappa shape index (κ2) is 6.75. The summed E-state index contributed by atoms with van der Waals surface area (Å²) in [6.07, 6.45) is 0. The molecule has 1 aliphatic rings. The van der Waals surface area contributed by atoms with E-state index in [4.69, 9.17) is 4.74 Å². The molecule has 0 bridgehead atoms. The molecule has 0 radical (unpaired) electrons. The van der Waals surface area contributed by atoms with Gasteiger partial charge >= 0.3 is 0 Å². The van der Waals surface area contributed by atoms with E-state index >= 15 is 0 Å². The van der Waals surface area contributed by atoms with Gasteiger partial charge in [-0.1, -0.05) is 26.0 Å². The van der Waals surface area contributed by atoms with Gasteiger partial charge < -0.3 is 9.64 Å². The smallest absolute Gasteiger partial charge is 0.225 e. The molecule has 1 aromatic rings. The Morgan fingerprint density at radius 2 is 1.75 bits per heavy atom. The van der Waals surface area contributed by atoms with Crippen molar-refractivity contribution in [3.63, 3.8) is 0 Å². The number of ether oxygens (including phenoxy) is 1. The number of carbonyl (C=O) groups is 1. The number of methoxy groups -OCH3 is 1. The number of hydrogen-bond acceptors (Lipinski definition) is 3. The van der Waals surface area contributed by atoms with Crippen LogP contribution in [0.2, 0.25) is 0 Å². The third-order valence-corrected chi connectivity index (χ3v) is 3.74. The van der Waals surface area contributed by atoms with Gasteiger partial charge in [0.1, 0.15) is 5.75 Å². The van der Waals surface area contributed by atoms with Gasteiger partial charge in [-0.25, -0.2) is 0 Å². The molecule has 1 aromatic carbocycles. The normalized spacial score (nSPS) is 16.5. The molecule has 0 aliphatic carbocycles. The predicted molar refractivity (Wildman–Crippen MR) is 79.7 cm³/mol. The molecule has 0 spiro atoms. The van der Waals surface area contributed by atoms with E-state index in [1.807, 2.05) is 30.9 Å². The lowest BCUT2D eigenvalue weighted by atomic mass is 10.1. The Labute approximate surface area is 121 Å². The lowest BCUT2D eigenvalue weighted by Crippen LogP contribution is -2.49. The van der Waals surface area contributed by atoms with Gasteiger partial charge in [0.25, 0.3) is 0 Å². The van der Waals surface area contributed by atoms with Crippen LogP contribution in [-0.2, 0) is 11.3 Å². The summed E-state index contributed by atoms with van der Waals surface area (Å²) in [5.74, 6) is 1.26. The van der Waals surface area contributed by atoms with E-state index in [0.29, 0.717) is 0 Å². The van der Waals surface area contributed by atoms with Gasteiger partial charge in [-0.3, -0.25) is 9.69 Å². The first-order valence-electron chi connectivity index (χ1n) is 7.24. The molecule has 0 atom stereocenters. The molecule has 110 valence electrons. The van der Waals surface area contributed by atoms with E-state index in [1.165, 1.54) is 5.56 Å². The van der Waals surface area contributed by atoms with Crippen LogP contribution < -0.4 is 4.74 Å². The fourth-order valence-corrected chi connectivity index (χ4v) is 2.48. The molecule has 2 rings (SSSR count). The van der Waals surface area contributed by atoms with Gasteiger partial charge in [-0.2, -0.15) is 0 Å². The van der Waals surface area contributed by atoms with Crippen LogP contribution in [0.4, 0.5) is 0 Å². The van der Waals surface area contributed by atoms with Crippen molar-refractivity contribution in [3.05, 3.63) is 29.8 Å². The molecular formula is C16H24N2O2. The molecule has 4 heteroatoms. The molecule has 1 aliphatic heterocycles. The minimum Gasteiger partial charge on any atom is -0.497 e. The Morgan fingerprint density at radius 1 is 1.15 bits per heavy atom. The predicted octanol–water partition coefficient (Wildman–Crippen LogP) is 2.00. The van der Waals surface area contributed by atoms with Crippen LogP contribution in [0.25, 0.3) is 0 Å². The summed E-state index contributed by atoms with van der Waals surface area (Å²) in [6, 6.07) is 8.19. The largest absolute Gasteiger partial charge is 0.497 e. The number of hydrogen-bond donors (Lipinski definition) is 0. The van der Waals surface area contributed by atoms with Crippen LogP contribution in [0.15, 0.2) is 24.3 Å². The van der Waals surface area contributed by atoms with Gasteiger partial charge in [0.15, 0.2) is 0 Å². The third kappa shape index (κ3) is 3.73. The minimum absolute atomic E-state index is 0.100. The van der Waals surface area contributed by atoms with Crippen molar-refractivity contribution < 1.29 is 9.53 Å². The zero-order valence-electron chi connectivity index (χ0n) is 12.6. The summed E-state index contributed by atoms with van der Waals surface area (Å²) in [4.78, 5) is 16.3. The Bertz CT molecular complexity index is 434. The van der Waals surface area contributed by atoms with Crippen LogP contribution in [-0.4, -0.2) is 49.0 Å². The average molecular weight is 276 g/mol. The fourth-order valence-electron chi connectivity index (χ4n) is 2.48. The Hall–Kier alpha value is -1.55. The fraction of sp³-hybridized carbons (Fsp3) is 0.562. The number of benzene rings is 1. The van der Waals surface area contributed by atoms with Crippen molar-refractivity contribution in [2.45, 2.75) is 20.4 Å².